The zero-order valence-electron chi connectivity index (χ0n) is 15.8. The van der Waals surface area contributed by atoms with E-state index in [1.807, 2.05) is 30.3 Å². The number of likely N-dealkylation sites (tertiary alicyclic amines) is 1. The minimum absolute atomic E-state index is 0.130. The number of unbranched alkanes of at least 4 members (excludes halogenated alkanes) is 3. The Labute approximate surface area is 155 Å². The van der Waals surface area contributed by atoms with Crippen molar-refractivity contribution in [3.05, 3.63) is 35.9 Å². The number of benzene rings is 1. The highest BCUT2D eigenvalue weighted by atomic mass is 16.6. The molecule has 144 valence electrons. The summed E-state index contributed by atoms with van der Waals surface area (Å²) in [5, 5.41) is 9.96. The predicted molar refractivity (Wildman–Crippen MR) is 99.5 cm³/mol. The molecular formula is C20H30N2O4. The van der Waals surface area contributed by atoms with E-state index in [1.54, 1.807) is 11.9 Å². The molecule has 0 bridgehead atoms. The molecule has 6 heteroatoms. The first-order valence-electron chi connectivity index (χ1n) is 9.43. The summed E-state index contributed by atoms with van der Waals surface area (Å²) in [5.41, 5.74) is 0.886. The van der Waals surface area contributed by atoms with E-state index in [4.69, 9.17) is 4.74 Å². The van der Waals surface area contributed by atoms with Gasteiger partial charge in [0.25, 0.3) is 0 Å². The van der Waals surface area contributed by atoms with Gasteiger partial charge in [0.15, 0.2) is 0 Å². The number of rotatable bonds is 8. The molecule has 1 aliphatic heterocycles. The van der Waals surface area contributed by atoms with Crippen molar-refractivity contribution in [2.45, 2.75) is 57.8 Å². The number of β-amino-alcohol motifs (C(OH)–C–C–N with tert-alkyl or cyclic N) is 1. The van der Waals surface area contributed by atoms with E-state index in [2.05, 4.69) is 6.92 Å². The van der Waals surface area contributed by atoms with Gasteiger partial charge in [-0.25, -0.2) is 4.79 Å². The molecule has 2 amide bonds. The van der Waals surface area contributed by atoms with Crippen LogP contribution in [0.4, 0.5) is 4.79 Å². The number of nitrogens with zero attached hydrogens (tertiary/aromatic N) is 2. The van der Waals surface area contributed by atoms with Gasteiger partial charge < -0.3 is 14.7 Å². The summed E-state index contributed by atoms with van der Waals surface area (Å²) < 4.78 is 5.34. The second kappa shape index (κ2) is 10.2. The molecule has 1 fully saturated rings. The highest BCUT2D eigenvalue weighted by Crippen LogP contribution is 2.21. The van der Waals surface area contributed by atoms with Gasteiger partial charge in [-0.3, -0.25) is 9.69 Å². The van der Waals surface area contributed by atoms with Crippen molar-refractivity contribution in [3.8, 4) is 0 Å². The Morgan fingerprint density at radius 1 is 1.23 bits per heavy atom. The Balaban J connectivity index is 1.89. The van der Waals surface area contributed by atoms with Crippen LogP contribution in [-0.4, -0.2) is 59.2 Å². The van der Waals surface area contributed by atoms with E-state index < -0.39 is 18.2 Å². The fourth-order valence-electron chi connectivity index (χ4n) is 3.19. The third kappa shape index (κ3) is 5.73. The summed E-state index contributed by atoms with van der Waals surface area (Å²) >= 11 is 0. The largest absolute Gasteiger partial charge is 0.445 e. The fraction of sp³-hybridized carbons (Fsp3) is 0.600. The number of hydrogen-bond acceptors (Lipinski definition) is 4. The lowest BCUT2D eigenvalue weighted by molar-refractivity contribution is -0.134. The van der Waals surface area contributed by atoms with E-state index in [0.29, 0.717) is 6.54 Å². The van der Waals surface area contributed by atoms with Gasteiger partial charge in [0.1, 0.15) is 12.6 Å². The Kier molecular flexibility index (Phi) is 7.91. The summed E-state index contributed by atoms with van der Waals surface area (Å²) in [7, 11) is 1.76. The zero-order valence-corrected chi connectivity index (χ0v) is 15.8. The number of aliphatic hydroxyl groups excluding tert-OH is 1. The Morgan fingerprint density at radius 2 is 1.96 bits per heavy atom. The lowest BCUT2D eigenvalue weighted by Gasteiger charge is -2.27. The third-order valence-corrected chi connectivity index (χ3v) is 4.73. The minimum atomic E-state index is -0.693. The first kappa shape index (κ1) is 20.2. The SMILES string of the molecule is CCCCCCN(C)C(=O)[C@@H]1CC(O)CN1C(=O)OCc1ccccc1. The highest BCUT2D eigenvalue weighted by Gasteiger charge is 2.40. The number of carbonyl (C=O) groups excluding carboxylic acids is 2. The summed E-state index contributed by atoms with van der Waals surface area (Å²) in [6, 6.07) is 8.75. The van der Waals surface area contributed by atoms with Crippen LogP contribution in [0, 0.1) is 0 Å². The number of carbonyl (C=O) groups is 2. The van der Waals surface area contributed by atoms with Crippen LogP contribution in [0.2, 0.25) is 0 Å². The van der Waals surface area contributed by atoms with Crippen molar-refractivity contribution < 1.29 is 19.4 Å². The molecule has 0 spiro atoms. The molecule has 0 aliphatic carbocycles. The molecule has 0 aromatic heterocycles. The molecular weight excluding hydrogens is 332 g/mol. The summed E-state index contributed by atoms with van der Waals surface area (Å²) in [6.45, 7) is 3.10. The minimum Gasteiger partial charge on any atom is -0.445 e. The van der Waals surface area contributed by atoms with Crippen LogP contribution in [0.1, 0.15) is 44.6 Å². The topological polar surface area (TPSA) is 70.1 Å². The first-order chi connectivity index (χ1) is 12.5. The van der Waals surface area contributed by atoms with Crippen molar-refractivity contribution >= 4 is 12.0 Å². The lowest BCUT2D eigenvalue weighted by atomic mass is 10.1. The Bertz CT molecular complexity index is 578. The predicted octanol–water partition coefficient (Wildman–Crippen LogP) is 2.80. The average Bonchev–Trinajstić information content (AvgIpc) is 3.05. The van der Waals surface area contributed by atoms with Crippen LogP contribution in [-0.2, 0) is 16.1 Å². The molecule has 26 heavy (non-hydrogen) atoms. The molecule has 2 atom stereocenters. The van der Waals surface area contributed by atoms with Crippen LogP contribution in [0.15, 0.2) is 30.3 Å². The summed E-state index contributed by atoms with van der Waals surface area (Å²) in [6.07, 6.45) is 3.35. The molecule has 1 aromatic rings. The summed E-state index contributed by atoms with van der Waals surface area (Å²) in [5.74, 6) is -0.130. The molecule has 0 saturated carbocycles. The zero-order chi connectivity index (χ0) is 18.9. The van der Waals surface area contributed by atoms with Crippen LogP contribution in [0.3, 0.4) is 0 Å². The van der Waals surface area contributed by atoms with Gasteiger partial charge in [0, 0.05) is 20.0 Å². The smallest absolute Gasteiger partial charge is 0.410 e. The van der Waals surface area contributed by atoms with Gasteiger partial charge in [-0.15, -0.1) is 0 Å². The van der Waals surface area contributed by atoms with Gasteiger partial charge >= 0.3 is 6.09 Å². The molecule has 6 nitrogen and oxygen atoms in total. The normalized spacial score (nSPS) is 19.4. The van der Waals surface area contributed by atoms with Crippen LogP contribution in [0.25, 0.3) is 0 Å². The Hall–Kier alpha value is -2.08. The summed E-state index contributed by atoms with van der Waals surface area (Å²) in [4.78, 5) is 28.2. The maximum atomic E-state index is 12.7. The molecule has 0 radical (unpaired) electrons. The van der Waals surface area contributed by atoms with Crippen molar-refractivity contribution in [3.63, 3.8) is 0 Å². The second-order valence-electron chi connectivity index (χ2n) is 6.92. The van der Waals surface area contributed by atoms with Gasteiger partial charge in [-0.05, 0) is 12.0 Å². The maximum Gasteiger partial charge on any atom is 0.410 e. The number of ether oxygens (including phenoxy) is 1. The maximum absolute atomic E-state index is 12.7. The van der Waals surface area contributed by atoms with E-state index in [-0.39, 0.29) is 25.5 Å². The van der Waals surface area contributed by atoms with Gasteiger partial charge in [-0.2, -0.15) is 0 Å². The quantitative estimate of drug-likeness (QED) is 0.722. The fourth-order valence-corrected chi connectivity index (χ4v) is 3.19. The molecule has 1 heterocycles. The molecule has 1 aromatic carbocycles. The number of hydrogen-bond donors (Lipinski definition) is 1. The average molecular weight is 362 g/mol. The standard InChI is InChI=1S/C20H30N2O4/c1-3-4-5-9-12-21(2)19(24)18-13-17(23)14-22(18)20(25)26-15-16-10-7-6-8-11-16/h6-8,10-11,17-18,23H,3-5,9,12-15H2,1-2H3/t17?,18-/m0/s1. The van der Waals surface area contributed by atoms with Crippen LogP contribution in [0.5, 0.6) is 0 Å². The van der Waals surface area contributed by atoms with Crippen LogP contribution < -0.4 is 0 Å². The number of aliphatic hydroxyl groups is 1. The van der Waals surface area contributed by atoms with Crippen molar-refractivity contribution in [1.82, 2.24) is 9.80 Å². The highest BCUT2D eigenvalue weighted by molar-refractivity contribution is 5.86. The van der Waals surface area contributed by atoms with Crippen molar-refractivity contribution in [2.24, 2.45) is 0 Å². The monoisotopic (exact) mass is 362 g/mol. The number of amides is 2. The van der Waals surface area contributed by atoms with E-state index in [1.165, 1.54) is 4.90 Å². The van der Waals surface area contributed by atoms with E-state index >= 15 is 0 Å². The van der Waals surface area contributed by atoms with E-state index in [9.17, 15) is 14.7 Å². The van der Waals surface area contributed by atoms with Crippen LogP contribution >= 0.6 is 0 Å². The first-order valence-corrected chi connectivity index (χ1v) is 9.43. The van der Waals surface area contributed by atoms with Gasteiger partial charge in [0.05, 0.1) is 12.6 Å². The molecule has 2 rings (SSSR count). The number of likely N-dealkylation sites (N-methyl/N-ethyl adjacent to an activating group) is 1. The lowest BCUT2D eigenvalue weighted by Crippen LogP contribution is -2.47. The van der Waals surface area contributed by atoms with Gasteiger partial charge in [-0.1, -0.05) is 56.5 Å². The third-order valence-electron chi connectivity index (χ3n) is 4.73. The Morgan fingerprint density at radius 3 is 2.65 bits per heavy atom. The molecule has 1 unspecified atom stereocenters. The van der Waals surface area contributed by atoms with E-state index in [0.717, 1.165) is 31.2 Å². The molecule has 1 aliphatic rings. The second-order valence-corrected chi connectivity index (χ2v) is 6.92. The van der Waals surface area contributed by atoms with Crippen molar-refractivity contribution in [2.75, 3.05) is 20.1 Å². The van der Waals surface area contributed by atoms with Crippen molar-refractivity contribution in [1.29, 1.82) is 0 Å². The van der Waals surface area contributed by atoms with Gasteiger partial charge in [0.2, 0.25) is 5.91 Å². The molecule has 1 saturated heterocycles. The molecule has 1 N–H and O–H groups in total.